The van der Waals surface area contributed by atoms with Crippen LogP contribution in [-0.2, 0) is 4.74 Å². The van der Waals surface area contributed by atoms with Gasteiger partial charge in [0.05, 0.1) is 5.70 Å². The molecule has 0 fully saturated rings. The standard InChI is InChI=1S/C13H25NO/c1-9(2)10(3)11-12(13(4,5)6)14-7-8-15-11/h9-10,14H,7-8H2,1-6H3. The van der Waals surface area contributed by atoms with Gasteiger partial charge >= 0.3 is 0 Å². The monoisotopic (exact) mass is 211 g/mol. The number of ether oxygens (including phenoxy) is 1. The molecule has 1 atom stereocenters. The summed E-state index contributed by atoms with van der Waals surface area (Å²) in [6.07, 6.45) is 0. The van der Waals surface area contributed by atoms with Crippen LogP contribution in [-0.4, -0.2) is 13.2 Å². The summed E-state index contributed by atoms with van der Waals surface area (Å²) < 4.78 is 5.86. The molecule has 1 aliphatic rings. The van der Waals surface area contributed by atoms with Gasteiger partial charge in [-0.3, -0.25) is 0 Å². The molecule has 0 bridgehead atoms. The fourth-order valence-electron chi connectivity index (χ4n) is 1.79. The SMILES string of the molecule is CC(C)C(C)C1=C(C(C)(C)C)NCCO1. The number of nitrogens with one attached hydrogen (secondary N) is 1. The minimum absolute atomic E-state index is 0.152. The van der Waals surface area contributed by atoms with E-state index in [1.807, 2.05) is 0 Å². The lowest BCUT2D eigenvalue weighted by Crippen LogP contribution is -2.36. The van der Waals surface area contributed by atoms with Gasteiger partial charge in [0.1, 0.15) is 12.4 Å². The second kappa shape index (κ2) is 4.46. The molecular weight excluding hydrogens is 186 g/mol. The van der Waals surface area contributed by atoms with E-state index in [9.17, 15) is 0 Å². The zero-order valence-electron chi connectivity index (χ0n) is 11.0. The molecule has 1 unspecified atom stereocenters. The molecule has 2 heteroatoms. The quantitative estimate of drug-likeness (QED) is 0.757. The lowest BCUT2D eigenvalue weighted by Gasteiger charge is -2.34. The van der Waals surface area contributed by atoms with Gasteiger partial charge < -0.3 is 10.1 Å². The highest BCUT2D eigenvalue weighted by Gasteiger charge is 2.28. The summed E-state index contributed by atoms with van der Waals surface area (Å²) in [6, 6.07) is 0. The third-order valence-corrected chi connectivity index (χ3v) is 3.07. The fourth-order valence-corrected chi connectivity index (χ4v) is 1.79. The van der Waals surface area contributed by atoms with E-state index in [1.165, 1.54) is 11.5 Å². The highest BCUT2D eigenvalue weighted by atomic mass is 16.5. The van der Waals surface area contributed by atoms with Crippen LogP contribution in [0.4, 0.5) is 0 Å². The molecule has 0 saturated heterocycles. The van der Waals surface area contributed by atoms with E-state index in [0.29, 0.717) is 11.8 Å². The van der Waals surface area contributed by atoms with Gasteiger partial charge in [0.15, 0.2) is 0 Å². The molecule has 0 aliphatic carbocycles. The second-order valence-corrected chi connectivity index (χ2v) is 5.80. The van der Waals surface area contributed by atoms with Gasteiger partial charge in [-0.2, -0.15) is 0 Å². The molecule has 15 heavy (non-hydrogen) atoms. The van der Waals surface area contributed by atoms with Crippen molar-refractivity contribution >= 4 is 0 Å². The highest BCUT2D eigenvalue weighted by Crippen LogP contribution is 2.33. The molecular formula is C13H25NO. The van der Waals surface area contributed by atoms with E-state index in [0.717, 1.165) is 13.2 Å². The minimum Gasteiger partial charge on any atom is -0.494 e. The van der Waals surface area contributed by atoms with Gasteiger partial charge in [-0.05, 0) is 5.92 Å². The third-order valence-electron chi connectivity index (χ3n) is 3.07. The molecule has 0 saturated carbocycles. The van der Waals surface area contributed by atoms with Crippen LogP contribution in [0.15, 0.2) is 11.5 Å². The van der Waals surface area contributed by atoms with Crippen LogP contribution in [0.3, 0.4) is 0 Å². The Labute approximate surface area is 94.1 Å². The first-order chi connectivity index (χ1) is 6.84. The predicted octanol–water partition coefficient (Wildman–Crippen LogP) is 3.16. The minimum atomic E-state index is 0.152. The maximum Gasteiger partial charge on any atom is 0.118 e. The Morgan fingerprint density at radius 1 is 1.20 bits per heavy atom. The number of hydrogen-bond donors (Lipinski definition) is 1. The average molecular weight is 211 g/mol. The molecule has 1 rings (SSSR count). The molecule has 88 valence electrons. The van der Waals surface area contributed by atoms with Crippen LogP contribution in [0.25, 0.3) is 0 Å². The van der Waals surface area contributed by atoms with Gasteiger partial charge in [0.25, 0.3) is 0 Å². The summed E-state index contributed by atoms with van der Waals surface area (Å²) >= 11 is 0. The summed E-state index contributed by atoms with van der Waals surface area (Å²) in [5, 5.41) is 3.50. The zero-order chi connectivity index (χ0) is 11.6. The fraction of sp³-hybridized carbons (Fsp3) is 0.846. The Bertz CT molecular complexity index is 248. The maximum absolute atomic E-state index is 5.86. The molecule has 0 aromatic heterocycles. The lowest BCUT2D eigenvalue weighted by molar-refractivity contribution is 0.134. The van der Waals surface area contributed by atoms with E-state index >= 15 is 0 Å². The normalized spacial score (nSPS) is 19.9. The van der Waals surface area contributed by atoms with Crippen molar-refractivity contribution in [3.63, 3.8) is 0 Å². The van der Waals surface area contributed by atoms with Gasteiger partial charge in [-0.15, -0.1) is 0 Å². The molecule has 0 aromatic rings. The van der Waals surface area contributed by atoms with Crippen LogP contribution < -0.4 is 5.32 Å². The summed E-state index contributed by atoms with van der Waals surface area (Å²) in [5.74, 6) is 2.29. The lowest BCUT2D eigenvalue weighted by atomic mass is 9.85. The van der Waals surface area contributed by atoms with Crippen LogP contribution in [0.5, 0.6) is 0 Å². The number of allylic oxidation sites excluding steroid dienone is 2. The molecule has 2 nitrogen and oxygen atoms in total. The maximum atomic E-state index is 5.86. The van der Waals surface area contributed by atoms with Crippen molar-refractivity contribution in [1.82, 2.24) is 5.32 Å². The van der Waals surface area contributed by atoms with Crippen LogP contribution in [0, 0.1) is 17.3 Å². The summed E-state index contributed by atoms with van der Waals surface area (Å²) in [5.41, 5.74) is 1.44. The topological polar surface area (TPSA) is 21.3 Å². The van der Waals surface area contributed by atoms with Crippen LogP contribution in [0.1, 0.15) is 41.5 Å². The van der Waals surface area contributed by atoms with Crippen molar-refractivity contribution in [2.75, 3.05) is 13.2 Å². The first kappa shape index (κ1) is 12.4. The van der Waals surface area contributed by atoms with E-state index in [-0.39, 0.29) is 5.41 Å². The largest absolute Gasteiger partial charge is 0.494 e. The molecule has 0 spiro atoms. The van der Waals surface area contributed by atoms with Crippen molar-refractivity contribution in [3.8, 4) is 0 Å². The predicted molar refractivity (Wildman–Crippen MR) is 64.4 cm³/mol. The van der Waals surface area contributed by atoms with Gasteiger partial charge in [0.2, 0.25) is 0 Å². The van der Waals surface area contributed by atoms with Crippen LogP contribution >= 0.6 is 0 Å². The third kappa shape index (κ3) is 2.90. The molecule has 1 heterocycles. The Morgan fingerprint density at radius 2 is 1.80 bits per heavy atom. The van der Waals surface area contributed by atoms with E-state index in [2.05, 4.69) is 46.9 Å². The Hall–Kier alpha value is -0.660. The second-order valence-electron chi connectivity index (χ2n) is 5.80. The Morgan fingerprint density at radius 3 is 2.27 bits per heavy atom. The Kier molecular flexibility index (Phi) is 3.69. The molecule has 1 N–H and O–H groups in total. The number of hydrogen-bond acceptors (Lipinski definition) is 2. The van der Waals surface area contributed by atoms with Crippen molar-refractivity contribution in [2.45, 2.75) is 41.5 Å². The van der Waals surface area contributed by atoms with E-state index in [4.69, 9.17) is 4.74 Å². The number of rotatable bonds is 2. The summed E-state index contributed by atoms with van der Waals surface area (Å²) in [6.45, 7) is 15.2. The van der Waals surface area contributed by atoms with Crippen molar-refractivity contribution in [1.29, 1.82) is 0 Å². The van der Waals surface area contributed by atoms with Crippen molar-refractivity contribution < 1.29 is 4.74 Å². The van der Waals surface area contributed by atoms with Crippen molar-refractivity contribution in [3.05, 3.63) is 11.5 Å². The summed E-state index contributed by atoms with van der Waals surface area (Å²) in [4.78, 5) is 0. The summed E-state index contributed by atoms with van der Waals surface area (Å²) in [7, 11) is 0. The Balaban J connectivity index is 3.01. The first-order valence-corrected chi connectivity index (χ1v) is 5.95. The molecule has 0 radical (unpaired) electrons. The van der Waals surface area contributed by atoms with E-state index < -0.39 is 0 Å². The van der Waals surface area contributed by atoms with Crippen molar-refractivity contribution in [2.24, 2.45) is 17.3 Å². The van der Waals surface area contributed by atoms with Crippen LogP contribution in [0.2, 0.25) is 0 Å². The van der Waals surface area contributed by atoms with E-state index in [1.54, 1.807) is 0 Å². The molecule has 0 aromatic carbocycles. The zero-order valence-corrected chi connectivity index (χ0v) is 11.0. The van der Waals surface area contributed by atoms with Gasteiger partial charge in [-0.1, -0.05) is 41.5 Å². The average Bonchev–Trinajstić information content (AvgIpc) is 2.15. The molecule has 0 amide bonds. The van der Waals surface area contributed by atoms with Gasteiger partial charge in [-0.25, -0.2) is 0 Å². The first-order valence-electron chi connectivity index (χ1n) is 5.95. The smallest absolute Gasteiger partial charge is 0.118 e. The van der Waals surface area contributed by atoms with Gasteiger partial charge in [0, 0.05) is 17.9 Å². The highest BCUT2D eigenvalue weighted by molar-refractivity contribution is 5.18. The molecule has 1 aliphatic heterocycles.